The van der Waals surface area contributed by atoms with Gasteiger partial charge in [-0.1, -0.05) is 18.2 Å². The summed E-state index contributed by atoms with van der Waals surface area (Å²) in [5.74, 6) is 0.759. The molecule has 1 aliphatic rings. The van der Waals surface area contributed by atoms with E-state index in [1.165, 1.54) is 24.0 Å². The average molecular weight is 399 g/mol. The summed E-state index contributed by atoms with van der Waals surface area (Å²) >= 11 is 1.54. The monoisotopic (exact) mass is 398 g/mol. The molecule has 0 saturated heterocycles. The molecule has 4 rings (SSSR count). The quantitative estimate of drug-likeness (QED) is 0.607. The molecule has 0 amide bonds. The van der Waals surface area contributed by atoms with Crippen LogP contribution in [0.3, 0.4) is 0 Å². The van der Waals surface area contributed by atoms with Crippen molar-refractivity contribution in [3.63, 3.8) is 0 Å². The molecule has 0 radical (unpaired) electrons. The normalized spacial score (nSPS) is 13.8. The van der Waals surface area contributed by atoms with Crippen LogP contribution in [0.25, 0.3) is 21.3 Å². The molecular weight excluding hydrogens is 372 g/mol. The van der Waals surface area contributed by atoms with Gasteiger partial charge in [0.15, 0.2) is 0 Å². The van der Waals surface area contributed by atoms with E-state index in [1.807, 2.05) is 0 Å². The fourth-order valence-electron chi connectivity index (χ4n) is 3.98. The number of aryl methyl sites for hydroxylation is 2. The van der Waals surface area contributed by atoms with Gasteiger partial charge in [0, 0.05) is 31.6 Å². The number of benzene rings is 1. The first-order valence-corrected chi connectivity index (χ1v) is 10.7. The van der Waals surface area contributed by atoms with Crippen LogP contribution in [0.1, 0.15) is 29.8 Å². The molecular formula is C22H26N2O3S. The SMILES string of the molecule is COCCc1nc2scc(-c3ccc4c(c3)CCCC4)c2c(=O)n1CCOC. The summed E-state index contributed by atoms with van der Waals surface area (Å²) in [6, 6.07) is 6.66. The van der Waals surface area contributed by atoms with Crippen LogP contribution >= 0.6 is 11.3 Å². The first kappa shape index (κ1) is 19.3. The number of ether oxygens (including phenoxy) is 2. The first-order chi connectivity index (χ1) is 13.7. The number of hydrogen-bond donors (Lipinski definition) is 0. The molecule has 5 nitrogen and oxygen atoms in total. The average Bonchev–Trinajstić information content (AvgIpc) is 3.15. The van der Waals surface area contributed by atoms with E-state index in [1.54, 1.807) is 30.1 Å². The zero-order valence-corrected chi connectivity index (χ0v) is 17.3. The van der Waals surface area contributed by atoms with Gasteiger partial charge in [0.1, 0.15) is 10.7 Å². The van der Waals surface area contributed by atoms with Crippen molar-refractivity contribution in [1.29, 1.82) is 0 Å². The van der Waals surface area contributed by atoms with E-state index in [4.69, 9.17) is 14.5 Å². The van der Waals surface area contributed by atoms with Gasteiger partial charge in [0.25, 0.3) is 5.56 Å². The summed E-state index contributed by atoms with van der Waals surface area (Å²) in [7, 11) is 3.31. The summed E-state index contributed by atoms with van der Waals surface area (Å²) in [4.78, 5) is 19.0. The van der Waals surface area contributed by atoms with E-state index < -0.39 is 0 Å². The molecule has 1 aromatic carbocycles. The fourth-order valence-corrected chi connectivity index (χ4v) is 4.93. The Labute approximate surface area is 168 Å². The number of methoxy groups -OCH3 is 2. The minimum Gasteiger partial charge on any atom is -0.384 e. The molecule has 0 aliphatic heterocycles. The van der Waals surface area contributed by atoms with Crippen molar-refractivity contribution < 1.29 is 9.47 Å². The lowest BCUT2D eigenvalue weighted by molar-refractivity contribution is 0.180. The highest BCUT2D eigenvalue weighted by molar-refractivity contribution is 7.17. The first-order valence-electron chi connectivity index (χ1n) is 9.84. The Hall–Kier alpha value is -2.02. The fraction of sp³-hybridized carbons (Fsp3) is 0.455. The van der Waals surface area contributed by atoms with Crippen LogP contribution in [0.15, 0.2) is 28.4 Å². The lowest BCUT2D eigenvalue weighted by Crippen LogP contribution is -2.27. The largest absolute Gasteiger partial charge is 0.384 e. The molecule has 0 atom stereocenters. The molecule has 28 heavy (non-hydrogen) atoms. The van der Waals surface area contributed by atoms with Gasteiger partial charge in [0.05, 0.1) is 25.1 Å². The second-order valence-corrected chi connectivity index (χ2v) is 8.10. The minimum absolute atomic E-state index is 0.0159. The van der Waals surface area contributed by atoms with E-state index in [0.29, 0.717) is 26.2 Å². The Morgan fingerprint density at radius 3 is 2.68 bits per heavy atom. The highest BCUT2D eigenvalue weighted by atomic mass is 32.1. The standard InChI is InChI=1S/C22H26N2O3S/c1-26-11-9-19-23-21-20(22(25)24(19)10-12-27-2)18(14-28-21)17-8-7-15-5-3-4-6-16(15)13-17/h7-8,13-14H,3-6,9-12H2,1-2H3. The van der Waals surface area contributed by atoms with Crippen LogP contribution in [0.4, 0.5) is 0 Å². The van der Waals surface area contributed by atoms with Gasteiger partial charge in [-0.25, -0.2) is 4.98 Å². The lowest BCUT2D eigenvalue weighted by atomic mass is 9.89. The maximum atomic E-state index is 13.4. The van der Waals surface area contributed by atoms with E-state index in [2.05, 4.69) is 23.6 Å². The van der Waals surface area contributed by atoms with Crippen LogP contribution < -0.4 is 5.56 Å². The van der Waals surface area contributed by atoms with E-state index in [9.17, 15) is 4.79 Å². The van der Waals surface area contributed by atoms with Crippen molar-refractivity contribution in [2.45, 2.75) is 38.6 Å². The molecule has 3 aromatic rings. The topological polar surface area (TPSA) is 53.3 Å². The number of thiophene rings is 1. The Balaban J connectivity index is 1.83. The van der Waals surface area contributed by atoms with Crippen molar-refractivity contribution in [1.82, 2.24) is 9.55 Å². The van der Waals surface area contributed by atoms with Gasteiger partial charge in [-0.15, -0.1) is 11.3 Å². The van der Waals surface area contributed by atoms with E-state index in [0.717, 1.165) is 40.0 Å². The van der Waals surface area contributed by atoms with Crippen LogP contribution in [-0.4, -0.2) is 37.0 Å². The van der Waals surface area contributed by atoms with Crippen LogP contribution in [0, 0.1) is 0 Å². The predicted octanol–water partition coefficient (Wildman–Crippen LogP) is 3.84. The molecule has 0 unspecified atom stereocenters. The van der Waals surface area contributed by atoms with Crippen LogP contribution in [-0.2, 0) is 35.3 Å². The Bertz CT molecular complexity index is 1040. The summed E-state index contributed by atoms with van der Waals surface area (Å²) in [5.41, 5.74) is 5.01. The molecule has 2 aromatic heterocycles. The molecule has 0 saturated carbocycles. The number of nitrogens with zero attached hydrogens (tertiary/aromatic N) is 2. The third-order valence-electron chi connectivity index (χ3n) is 5.48. The van der Waals surface area contributed by atoms with Gasteiger partial charge in [0.2, 0.25) is 0 Å². The molecule has 0 fully saturated rings. The van der Waals surface area contributed by atoms with E-state index in [-0.39, 0.29) is 5.56 Å². The Morgan fingerprint density at radius 1 is 1.11 bits per heavy atom. The second kappa shape index (κ2) is 8.55. The lowest BCUT2D eigenvalue weighted by Gasteiger charge is -2.16. The van der Waals surface area contributed by atoms with Crippen molar-refractivity contribution in [2.75, 3.05) is 27.4 Å². The van der Waals surface area contributed by atoms with Crippen LogP contribution in [0.2, 0.25) is 0 Å². The highest BCUT2D eigenvalue weighted by Gasteiger charge is 2.18. The maximum Gasteiger partial charge on any atom is 0.262 e. The smallest absolute Gasteiger partial charge is 0.262 e. The minimum atomic E-state index is 0.0159. The second-order valence-electron chi connectivity index (χ2n) is 7.24. The summed E-state index contributed by atoms with van der Waals surface area (Å²) in [5, 5.41) is 2.79. The zero-order chi connectivity index (χ0) is 19.5. The molecule has 1 aliphatic carbocycles. The van der Waals surface area contributed by atoms with Gasteiger partial charge in [-0.2, -0.15) is 0 Å². The molecule has 0 N–H and O–H groups in total. The molecule has 0 bridgehead atoms. The third-order valence-corrected chi connectivity index (χ3v) is 6.35. The number of hydrogen-bond acceptors (Lipinski definition) is 5. The van der Waals surface area contributed by atoms with E-state index >= 15 is 0 Å². The molecule has 2 heterocycles. The van der Waals surface area contributed by atoms with Crippen molar-refractivity contribution >= 4 is 21.6 Å². The van der Waals surface area contributed by atoms with Crippen molar-refractivity contribution in [3.8, 4) is 11.1 Å². The Kier molecular flexibility index (Phi) is 5.90. The zero-order valence-electron chi connectivity index (χ0n) is 16.5. The van der Waals surface area contributed by atoms with Gasteiger partial charge < -0.3 is 9.47 Å². The predicted molar refractivity (Wildman–Crippen MR) is 113 cm³/mol. The summed E-state index contributed by atoms with van der Waals surface area (Å²) < 4.78 is 12.2. The molecule has 6 heteroatoms. The van der Waals surface area contributed by atoms with Crippen molar-refractivity contribution in [2.24, 2.45) is 0 Å². The molecule has 0 spiro atoms. The maximum absolute atomic E-state index is 13.4. The highest BCUT2D eigenvalue weighted by Crippen LogP contribution is 2.33. The van der Waals surface area contributed by atoms with Gasteiger partial charge in [-0.3, -0.25) is 9.36 Å². The summed E-state index contributed by atoms with van der Waals surface area (Å²) in [6.45, 7) is 1.51. The third kappa shape index (κ3) is 3.64. The summed E-state index contributed by atoms with van der Waals surface area (Å²) in [6.07, 6.45) is 5.41. The van der Waals surface area contributed by atoms with Gasteiger partial charge in [-0.05, 0) is 42.4 Å². The number of fused-ring (bicyclic) bond motifs is 2. The number of aromatic nitrogens is 2. The van der Waals surface area contributed by atoms with Crippen LogP contribution in [0.5, 0.6) is 0 Å². The Morgan fingerprint density at radius 2 is 1.89 bits per heavy atom. The number of rotatable bonds is 7. The molecule has 148 valence electrons. The van der Waals surface area contributed by atoms with Crippen molar-refractivity contribution in [3.05, 3.63) is 50.9 Å². The van der Waals surface area contributed by atoms with Gasteiger partial charge >= 0.3 is 0 Å².